The van der Waals surface area contributed by atoms with Crippen molar-refractivity contribution in [2.75, 3.05) is 32.1 Å². The van der Waals surface area contributed by atoms with Crippen molar-refractivity contribution < 1.29 is 0 Å². The van der Waals surface area contributed by atoms with E-state index in [0.29, 0.717) is 11.6 Å². The van der Waals surface area contributed by atoms with Crippen LogP contribution in [0.5, 0.6) is 0 Å². The molecule has 5 rings (SSSR count). The van der Waals surface area contributed by atoms with Crippen LogP contribution in [-0.2, 0) is 6.42 Å². The average Bonchev–Trinajstić information content (AvgIpc) is 3.20. The first-order valence-corrected chi connectivity index (χ1v) is 11.8. The monoisotopic (exact) mass is 457 g/mol. The lowest BCUT2D eigenvalue weighted by atomic mass is 9.96. The molecule has 5 nitrogen and oxygen atoms in total. The molecule has 1 aliphatic rings. The van der Waals surface area contributed by atoms with Gasteiger partial charge in [0.25, 0.3) is 0 Å². The Balaban J connectivity index is 1.78. The Kier molecular flexibility index (Phi) is 5.74. The molecule has 1 fully saturated rings. The number of rotatable bonds is 4. The number of hydrogen-bond acceptors (Lipinski definition) is 4. The topological polar surface area (TPSA) is 47.6 Å². The van der Waals surface area contributed by atoms with Crippen molar-refractivity contribution in [1.82, 2.24) is 14.3 Å². The number of para-hydroxylation sites is 2. The van der Waals surface area contributed by atoms with Gasteiger partial charge in [0.05, 0.1) is 16.6 Å². The number of piperidine rings is 1. The molecule has 0 spiro atoms. The van der Waals surface area contributed by atoms with E-state index >= 15 is 0 Å². The third kappa shape index (κ3) is 3.84. The van der Waals surface area contributed by atoms with Crippen molar-refractivity contribution >= 4 is 34.1 Å². The molecular weight excluding hydrogens is 430 g/mol. The summed E-state index contributed by atoms with van der Waals surface area (Å²) in [6, 6.07) is 19.1. The van der Waals surface area contributed by atoms with Crippen LogP contribution >= 0.6 is 11.6 Å². The van der Waals surface area contributed by atoms with Crippen LogP contribution in [0.3, 0.4) is 0 Å². The van der Waals surface area contributed by atoms with Gasteiger partial charge >= 0.3 is 0 Å². The Bertz CT molecular complexity index is 1360. The number of benzene rings is 2. The summed E-state index contributed by atoms with van der Waals surface area (Å²) in [6.45, 7) is 4.24. The molecule has 0 atom stereocenters. The number of anilines is 1. The lowest BCUT2D eigenvalue weighted by Gasteiger charge is -2.38. The molecule has 0 saturated carbocycles. The zero-order valence-corrected chi connectivity index (χ0v) is 20.1. The van der Waals surface area contributed by atoms with Gasteiger partial charge in [-0.2, -0.15) is 5.26 Å². The fourth-order valence-electron chi connectivity index (χ4n) is 5.11. The fourth-order valence-corrected chi connectivity index (χ4v) is 5.23. The van der Waals surface area contributed by atoms with E-state index in [4.69, 9.17) is 16.6 Å². The molecule has 1 saturated heterocycles. The molecule has 0 radical (unpaired) electrons. The van der Waals surface area contributed by atoms with Crippen molar-refractivity contribution in [2.45, 2.75) is 32.2 Å². The summed E-state index contributed by atoms with van der Waals surface area (Å²) >= 11 is 6.15. The predicted molar refractivity (Wildman–Crippen MR) is 135 cm³/mol. The number of nitriles is 1. The van der Waals surface area contributed by atoms with Crippen molar-refractivity contribution in [3.05, 3.63) is 75.8 Å². The van der Waals surface area contributed by atoms with E-state index in [1.54, 1.807) is 0 Å². The van der Waals surface area contributed by atoms with E-state index < -0.39 is 0 Å². The van der Waals surface area contributed by atoms with E-state index in [-0.39, 0.29) is 0 Å². The lowest BCUT2D eigenvalue weighted by Crippen LogP contribution is -2.43. The Morgan fingerprint density at radius 1 is 1.12 bits per heavy atom. The summed E-state index contributed by atoms with van der Waals surface area (Å²) in [6.07, 6.45) is 2.95. The highest BCUT2D eigenvalue weighted by Crippen LogP contribution is 2.36. The molecule has 33 heavy (non-hydrogen) atoms. The van der Waals surface area contributed by atoms with E-state index in [2.05, 4.69) is 59.5 Å². The van der Waals surface area contributed by atoms with E-state index in [1.165, 1.54) is 11.1 Å². The van der Waals surface area contributed by atoms with Crippen LogP contribution in [0.4, 0.5) is 5.82 Å². The van der Waals surface area contributed by atoms with Crippen LogP contribution in [0, 0.1) is 18.3 Å². The van der Waals surface area contributed by atoms with Crippen molar-refractivity contribution in [2.24, 2.45) is 0 Å². The van der Waals surface area contributed by atoms with E-state index in [0.717, 1.165) is 65.4 Å². The van der Waals surface area contributed by atoms with Gasteiger partial charge in [-0.25, -0.2) is 4.98 Å². The zero-order chi connectivity index (χ0) is 23.1. The number of imidazole rings is 1. The van der Waals surface area contributed by atoms with Gasteiger partial charge in [-0.15, -0.1) is 0 Å². The summed E-state index contributed by atoms with van der Waals surface area (Å²) < 4.78 is 2.21. The molecule has 2 aromatic heterocycles. The minimum atomic E-state index is 0.432. The Labute approximate surface area is 199 Å². The van der Waals surface area contributed by atoms with Crippen LogP contribution < -0.4 is 4.90 Å². The SMILES string of the molecule is Cc1c(Cc2ccc(Cl)cc2)c(N(C)C2CCN(C)CC2)n2c(nc3ccccc32)c1C#N. The van der Waals surface area contributed by atoms with Crippen molar-refractivity contribution in [3.63, 3.8) is 0 Å². The minimum Gasteiger partial charge on any atom is -0.357 e. The van der Waals surface area contributed by atoms with Gasteiger partial charge in [-0.3, -0.25) is 4.40 Å². The van der Waals surface area contributed by atoms with Crippen molar-refractivity contribution in [1.29, 1.82) is 5.26 Å². The van der Waals surface area contributed by atoms with Gasteiger partial charge in [0, 0.05) is 30.1 Å². The first-order chi connectivity index (χ1) is 16.0. The molecule has 0 amide bonds. The van der Waals surface area contributed by atoms with Crippen molar-refractivity contribution in [3.8, 4) is 6.07 Å². The summed E-state index contributed by atoms with van der Waals surface area (Å²) in [4.78, 5) is 9.73. The van der Waals surface area contributed by atoms with Crippen LogP contribution in [0.2, 0.25) is 5.02 Å². The molecule has 1 aliphatic heterocycles. The van der Waals surface area contributed by atoms with Gasteiger partial charge in [0.1, 0.15) is 11.9 Å². The van der Waals surface area contributed by atoms with E-state index in [9.17, 15) is 5.26 Å². The number of likely N-dealkylation sites (tertiary alicyclic amines) is 1. The van der Waals surface area contributed by atoms with Gasteiger partial charge in [0.15, 0.2) is 5.65 Å². The minimum absolute atomic E-state index is 0.432. The van der Waals surface area contributed by atoms with Crippen LogP contribution in [-0.4, -0.2) is 47.5 Å². The van der Waals surface area contributed by atoms with Crippen LogP contribution in [0.1, 0.15) is 35.1 Å². The average molecular weight is 458 g/mol. The molecule has 3 heterocycles. The molecule has 0 N–H and O–H groups in total. The molecule has 168 valence electrons. The third-order valence-corrected chi connectivity index (χ3v) is 7.32. The maximum absolute atomic E-state index is 10.1. The Hall–Kier alpha value is -3.07. The second-order valence-corrected chi connectivity index (χ2v) is 9.56. The lowest BCUT2D eigenvalue weighted by molar-refractivity contribution is 0.252. The highest BCUT2D eigenvalue weighted by atomic mass is 35.5. The number of halogens is 1. The normalized spacial score (nSPS) is 15.2. The number of pyridine rings is 1. The zero-order valence-electron chi connectivity index (χ0n) is 19.3. The second-order valence-electron chi connectivity index (χ2n) is 9.12. The maximum Gasteiger partial charge on any atom is 0.157 e. The number of aromatic nitrogens is 2. The smallest absolute Gasteiger partial charge is 0.157 e. The largest absolute Gasteiger partial charge is 0.357 e. The summed E-state index contributed by atoms with van der Waals surface area (Å²) in [7, 11) is 4.39. The van der Waals surface area contributed by atoms with Gasteiger partial charge in [-0.05, 0) is 75.3 Å². The molecule has 4 aromatic rings. The van der Waals surface area contributed by atoms with Crippen LogP contribution in [0.25, 0.3) is 16.7 Å². The maximum atomic E-state index is 10.1. The molecule has 0 aliphatic carbocycles. The molecule has 6 heteroatoms. The molecule has 0 bridgehead atoms. The number of hydrogen-bond donors (Lipinski definition) is 0. The quantitative estimate of drug-likeness (QED) is 0.409. The number of nitrogens with zero attached hydrogens (tertiary/aromatic N) is 5. The van der Waals surface area contributed by atoms with Crippen LogP contribution in [0.15, 0.2) is 48.5 Å². The highest BCUT2D eigenvalue weighted by molar-refractivity contribution is 6.30. The second kappa shape index (κ2) is 8.70. The summed E-state index contributed by atoms with van der Waals surface area (Å²) in [5, 5.41) is 10.9. The standard InChI is InChI=1S/C27H28ClN5/c1-18-22(16-19-8-10-20(28)11-9-19)27(32(3)21-12-14-31(2)15-13-21)33-25-7-5-4-6-24(25)30-26(33)23(18)17-29/h4-11,21H,12-16H2,1-3H3. The first-order valence-electron chi connectivity index (χ1n) is 11.5. The fraction of sp³-hybridized carbons (Fsp3) is 0.333. The first kappa shape index (κ1) is 21.8. The van der Waals surface area contributed by atoms with Gasteiger partial charge in [0.2, 0.25) is 0 Å². The molecule has 2 aromatic carbocycles. The van der Waals surface area contributed by atoms with Gasteiger partial charge < -0.3 is 9.80 Å². The Morgan fingerprint density at radius 3 is 2.52 bits per heavy atom. The third-order valence-electron chi connectivity index (χ3n) is 7.07. The number of fused-ring (bicyclic) bond motifs is 3. The Morgan fingerprint density at radius 2 is 1.82 bits per heavy atom. The molecule has 0 unspecified atom stereocenters. The molecular formula is C27H28ClN5. The summed E-state index contributed by atoms with van der Waals surface area (Å²) in [5.74, 6) is 1.14. The highest BCUT2D eigenvalue weighted by Gasteiger charge is 2.28. The summed E-state index contributed by atoms with van der Waals surface area (Å²) in [5.41, 5.74) is 6.69. The van der Waals surface area contributed by atoms with Gasteiger partial charge in [-0.1, -0.05) is 35.9 Å². The predicted octanol–water partition coefficient (Wildman–Crippen LogP) is 5.44. The van der Waals surface area contributed by atoms with E-state index in [1.807, 2.05) is 30.3 Å².